The van der Waals surface area contributed by atoms with E-state index in [0.29, 0.717) is 0 Å². The fourth-order valence-electron chi connectivity index (χ4n) is 0.973. The summed E-state index contributed by atoms with van der Waals surface area (Å²) in [6, 6.07) is 12.0. The van der Waals surface area contributed by atoms with Gasteiger partial charge in [-0.05, 0) is 19.1 Å². The molecule has 0 N–H and O–H groups in total. The smallest absolute Gasteiger partial charge is 0.113 e. The molecule has 12 heavy (non-hydrogen) atoms. The standard InChI is InChI=1S/C10H12N2/c1-9(8-11)12(2)10-6-4-3-5-7-10/h3-7,9H,1-2H3. The molecule has 0 amide bonds. The van der Waals surface area contributed by atoms with Crippen molar-refractivity contribution in [2.75, 3.05) is 11.9 Å². The first-order valence-electron chi connectivity index (χ1n) is 3.93. The van der Waals surface area contributed by atoms with Crippen molar-refractivity contribution in [3.05, 3.63) is 30.3 Å². The van der Waals surface area contributed by atoms with Gasteiger partial charge in [-0.2, -0.15) is 5.26 Å². The highest BCUT2D eigenvalue weighted by atomic mass is 15.1. The van der Waals surface area contributed by atoms with Gasteiger partial charge in [0.25, 0.3) is 0 Å². The molecule has 1 aromatic rings. The first-order valence-corrected chi connectivity index (χ1v) is 3.93. The molecular weight excluding hydrogens is 148 g/mol. The Balaban J connectivity index is 2.80. The van der Waals surface area contributed by atoms with Crippen molar-refractivity contribution in [1.29, 1.82) is 5.26 Å². The van der Waals surface area contributed by atoms with Crippen LogP contribution in [0.25, 0.3) is 0 Å². The largest absolute Gasteiger partial charge is 0.359 e. The summed E-state index contributed by atoms with van der Waals surface area (Å²) in [6.07, 6.45) is 0. The molecule has 2 heteroatoms. The summed E-state index contributed by atoms with van der Waals surface area (Å²) in [5.41, 5.74) is 1.08. The van der Waals surface area contributed by atoms with E-state index in [1.54, 1.807) is 0 Å². The molecule has 0 spiro atoms. The van der Waals surface area contributed by atoms with Crippen molar-refractivity contribution in [1.82, 2.24) is 0 Å². The molecule has 1 rings (SSSR count). The van der Waals surface area contributed by atoms with Crippen LogP contribution in [0.2, 0.25) is 0 Å². The Morgan fingerprint density at radius 3 is 2.42 bits per heavy atom. The van der Waals surface area contributed by atoms with Gasteiger partial charge in [0.2, 0.25) is 0 Å². The Labute approximate surface area is 73.0 Å². The first kappa shape index (κ1) is 8.61. The normalized spacial score (nSPS) is 11.8. The Kier molecular flexibility index (Phi) is 2.71. The second-order valence-electron chi connectivity index (χ2n) is 2.75. The fourth-order valence-corrected chi connectivity index (χ4v) is 0.973. The van der Waals surface area contributed by atoms with Gasteiger partial charge in [-0.3, -0.25) is 0 Å². The van der Waals surface area contributed by atoms with E-state index in [1.165, 1.54) is 0 Å². The Hall–Kier alpha value is -1.49. The average Bonchev–Trinajstić information content (AvgIpc) is 2.17. The van der Waals surface area contributed by atoms with E-state index in [1.807, 2.05) is 49.2 Å². The molecule has 0 radical (unpaired) electrons. The van der Waals surface area contributed by atoms with Crippen LogP contribution in [0.4, 0.5) is 5.69 Å². The maximum Gasteiger partial charge on any atom is 0.113 e. The molecule has 2 nitrogen and oxygen atoms in total. The van der Waals surface area contributed by atoms with E-state index in [9.17, 15) is 0 Å². The molecule has 0 aliphatic rings. The zero-order valence-electron chi connectivity index (χ0n) is 7.36. The van der Waals surface area contributed by atoms with E-state index in [2.05, 4.69) is 6.07 Å². The molecule has 0 aliphatic heterocycles. The second kappa shape index (κ2) is 3.77. The van der Waals surface area contributed by atoms with Crippen molar-refractivity contribution in [2.24, 2.45) is 0 Å². The molecule has 1 aromatic carbocycles. The van der Waals surface area contributed by atoms with Crippen molar-refractivity contribution < 1.29 is 0 Å². The van der Waals surface area contributed by atoms with Crippen molar-refractivity contribution in [2.45, 2.75) is 13.0 Å². The third-order valence-corrected chi connectivity index (χ3v) is 1.93. The molecule has 0 bridgehead atoms. The molecule has 62 valence electrons. The van der Waals surface area contributed by atoms with Crippen molar-refractivity contribution >= 4 is 5.69 Å². The van der Waals surface area contributed by atoms with Gasteiger partial charge in [0.05, 0.1) is 6.07 Å². The van der Waals surface area contributed by atoms with Gasteiger partial charge in [0.15, 0.2) is 0 Å². The van der Waals surface area contributed by atoms with Gasteiger partial charge in [0, 0.05) is 12.7 Å². The number of para-hydroxylation sites is 1. The third kappa shape index (κ3) is 1.76. The van der Waals surface area contributed by atoms with E-state index in [0.717, 1.165) is 5.69 Å². The number of rotatable bonds is 2. The summed E-state index contributed by atoms with van der Waals surface area (Å²) in [4.78, 5) is 1.94. The predicted octanol–water partition coefficient (Wildman–Crippen LogP) is 2.03. The lowest BCUT2D eigenvalue weighted by Gasteiger charge is -2.21. The fraction of sp³-hybridized carbons (Fsp3) is 0.300. The topological polar surface area (TPSA) is 27.0 Å². The summed E-state index contributed by atoms with van der Waals surface area (Å²) in [6.45, 7) is 1.88. The molecule has 1 unspecified atom stereocenters. The summed E-state index contributed by atoms with van der Waals surface area (Å²) in [7, 11) is 1.92. The quantitative estimate of drug-likeness (QED) is 0.662. The molecule has 1 atom stereocenters. The third-order valence-electron chi connectivity index (χ3n) is 1.93. The zero-order valence-corrected chi connectivity index (χ0v) is 7.36. The molecule has 0 saturated heterocycles. The Morgan fingerprint density at radius 2 is 1.92 bits per heavy atom. The monoisotopic (exact) mass is 160 g/mol. The molecule has 0 aromatic heterocycles. The highest BCUT2D eigenvalue weighted by molar-refractivity contribution is 5.47. The van der Waals surface area contributed by atoms with Crippen LogP contribution in [0.1, 0.15) is 6.92 Å². The van der Waals surface area contributed by atoms with Crippen LogP contribution in [-0.4, -0.2) is 13.1 Å². The minimum absolute atomic E-state index is 0.0765. The number of anilines is 1. The van der Waals surface area contributed by atoms with Crippen LogP contribution >= 0.6 is 0 Å². The van der Waals surface area contributed by atoms with Crippen molar-refractivity contribution in [3.8, 4) is 6.07 Å². The van der Waals surface area contributed by atoms with Gasteiger partial charge in [-0.15, -0.1) is 0 Å². The Morgan fingerprint density at radius 1 is 1.33 bits per heavy atom. The first-order chi connectivity index (χ1) is 5.75. The number of benzene rings is 1. The minimum Gasteiger partial charge on any atom is -0.359 e. The van der Waals surface area contributed by atoms with Gasteiger partial charge in [-0.25, -0.2) is 0 Å². The molecule has 0 heterocycles. The van der Waals surface area contributed by atoms with Crippen LogP contribution < -0.4 is 4.90 Å². The summed E-state index contributed by atoms with van der Waals surface area (Å²) < 4.78 is 0. The van der Waals surface area contributed by atoms with E-state index < -0.39 is 0 Å². The van der Waals surface area contributed by atoms with E-state index >= 15 is 0 Å². The molecule has 0 saturated carbocycles. The van der Waals surface area contributed by atoms with Crippen molar-refractivity contribution in [3.63, 3.8) is 0 Å². The summed E-state index contributed by atoms with van der Waals surface area (Å²) in [5, 5.41) is 8.67. The minimum atomic E-state index is -0.0765. The van der Waals surface area contributed by atoms with Gasteiger partial charge < -0.3 is 4.90 Å². The second-order valence-corrected chi connectivity index (χ2v) is 2.75. The number of nitriles is 1. The van der Waals surface area contributed by atoms with Gasteiger partial charge in [0.1, 0.15) is 6.04 Å². The highest BCUT2D eigenvalue weighted by Gasteiger charge is 2.06. The van der Waals surface area contributed by atoms with Crippen LogP contribution in [0, 0.1) is 11.3 Å². The van der Waals surface area contributed by atoms with Crippen LogP contribution in [0.5, 0.6) is 0 Å². The summed E-state index contributed by atoms with van der Waals surface area (Å²) in [5.74, 6) is 0. The van der Waals surface area contributed by atoms with E-state index in [-0.39, 0.29) is 6.04 Å². The average molecular weight is 160 g/mol. The van der Waals surface area contributed by atoms with E-state index in [4.69, 9.17) is 5.26 Å². The van der Waals surface area contributed by atoms with Gasteiger partial charge >= 0.3 is 0 Å². The zero-order chi connectivity index (χ0) is 8.97. The molecule has 0 fully saturated rings. The maximum atomic E-state index is 8.67. The number of hydrogen-bond acceptors (Lipinski definition) is 2. The van der Waals surface area contributed by atoms with Crippen LogP contribution in [-0.2, 0) is 0 Å². The lowest BCUT2D eigenvalue weighted by molar-refractivity contribution is 0.835. The maximum absolute atomic E-state index is 8.67. The number of hydrogen-bond donors (Lipinski definition) is 0. The number of nitrogens with zero attached hydrogens (tertiary/aromatic N) is 2. The SMILES string of the molecule is CC(C#N)N(C)c1ccccc1. The summed E-state index contributed by atoms with van der Waals surface area (Å²) >= 11 is 0. The Bertz CT molecular complexity index is 274. The van der Waals surface area contributed by atoms with Gasteiger partial charge in [-0.1, -0.05) is 18.2 Å². The van der Waals surface area contributed by atoms with Crippen LogP contribution in [0.15, 0.2) is 30.3 Å². The van der Waals surface area contributed by atoms with Crippen LogP contribution in [0.3, 0.4) is 0 Å². The lowest BCUT2D eigenvalue weighted by atomic mass is 10.2. The lowest BCUT2D eigenvalue weighted by Crippen LogP contribution is -2.26. The highest BCUT2D eigenvalue weighted by Crippen LogP contribution is 2.12. The predicted molar refractivity (Wildman–Crippen MR) is 49.9 cm³/mol. The molecular formula is C10H12N2. The molecule has 0 aliphatic carbocycles.